The van der Waals surface area contributed by atoms with Crippen molar-refractivity contribution in [2.24, 2.45) is 5.92 Å². The Morgan fingerprint density at radius 3 is 2.58 bits per heavy atom. The van der Waals surface area contributed by atoms with Crippen molar-refractivity contribution in [3.8, 4) is 28.6 Å². The lowest BCUT2D eigenvalue weighted by molar-refractivity contribution is -0.123. The molecule has 1 saturated heterocycles. The smallest absolute Gasteiger partial charge is 0.257 e. The van der Waals surface area contributed by atoms with Crippen LogP contribution in [0.5, 0.6) is 11.6 Å². The minimum atomic E-state index is -0.109. The minimum absolute atomic E-state index is 0.000969. The standard InChI is InChI=1S/C24H27N3O4/c1-29-24-15-22(26-27(24)20-5-3-2-4-6-20)19-7-9-21(10-8-19)31-17-23(28)25-16-18-11-13-30-14-12-18/h2-10,15,18H,11-14,16-17H2,1H3,(H,25,28). The Labute approximate surface area is 181 Å². The highest BCUT2D eigenvalue weighted by atomic mass is 16.5. The maximum Gasteiger partial charge on any atom is 0.257 e. The van der Waals surface area contributed by atoms with Crippen LogP contribution in [0.1, 0.15) is 12.8 Å². The summed E-state index contributed by atoms with van der Waals surface area (Å²) in [6, 6.07) is 19.3. The predicted octanol–water partition coefficient (Wildman–Crippen LogP) is 3.47. The van der Waals surface area contributed by atoms with E-state index < -0.39 is 0 Å². The molecular formula is C24H27N3O4. The predicted molar refractivity (Wildman–Crippen MR) is 118 cm³/mol. The van der Waals surface area contributed by atoms with E-state index in [0.717, 1.165) is 43.0 Å². The topological polar surface area (TPSA) is 74.6 Å². The Morgan fingerprint density at radius 1 is 1.13 bits per heavy atom. The Kier molecular flexibility index (Phi) is 6.84. The summed E-state index contributed by atoms with van der Waals surface area (Å²) in [7, 11) is 1.63. The zero-order chi connectivity index (χ0) is 21.5. The van der Waals surface area contributed by atoms with Gasteiger partial charge in [0.05, 0.1) is 18.5 Å². The number of carbonyl (C=O) groups is 1. The lowest BCUT2D eigenvalue weighted by Gasteiger charge is -2.22. The molecule has 0 saturated carbocycles. The van der Waals surface area contributed by atoms with Gasteiger partial charge in [-0.3, -0.25) is 4.79 Å². The van der Waals surface area contributed by atoms with Crippen molar-refractivity contribution >= 4 is 5.91 Å². The first kappa shape index (κ1) is 20.9. The van der Waals surface area contributed by atoms with Gasteiger partial charge in [0.2, 0.25) is 5.88 Å². The maximum atomic E-state index is 12.1. The summed E-state index contributed by atoms with van der Waals surface area (Å²) < 4.78 is 18.2. The van der Waals surface area contributed by atoms with Crippen molar-refractivity contribution in [1.29, 1.82) is 0 Å². The number of nitrogens with one attached hydrogen (secondary N) is 1. The highest BCUT2D eigenvalue weighted by Crippen LogP contribution is 2.27. The van der Waals surface area contributed by atoms with Crippen LogP contribution in [0.25, 0.3) is 16.9 Å². The molecule has 1 fully saturated rings. The second-order valence-electron chi connectivity index (χ2n) is 7.49. The first-order valence-corrected chi connectivity index (χ1v) is 10.5. The van der Waals surface area contributed by atoms with E-state index in [9.17, 15) is 4.79 Å². The quantitative estimate of drug-likeness (QED) is 0.603. The van der Waals surface area contributed by atoms with E-state index in [1.807, 2.05) is 60.7 Å². The second kappa shape index (κ2) is 10.1. The Balaban J connectivity index is 1.34. The van der Waals surface area contributed by atoms with Crippen LogP contribution < -0.4 is 14.8 Å². The molecule has 0 unspecified atom stereocenters. The third-order valence-corrected chi connectivity index (χ3v) is 5.34. The van der Waals surface area contributed by atoms with E-state index in [-0.39, 0.29) is 12.5 Å². The van der Waals surface area contributed by atoms with Gasteiger partial charge in [-0.25, -0.2) is 4.68 Å². The summed E-state index contributed by atoms with van der Waals surface area (Å²) >= 11 is 0. The van der Waals surface area contributed by atoms with Gasteiger partial charge in [0.15, 0.2) is 6.61 Å². The van der Waals surface area contributed by atoms with Crippen LogP contribution in [0.3, 0.4) is 0 Å². The number of nitrogens with zero attached hydrogens (tertiary/aromatic N) is 2. The van der Waals surface area contributed by atoms with Crippen LogP contribution >= 0.6 is 0 Å². The molecule has 4 rings (SSSR count). The van der Waals surface area contributed by atoms with E-state index in [0.29, 0.717) is 24.1 Å². The molecule has 1 N–H and O–H groups in total. The molecule has 31 heavy (non-hydrogen) atoms. The van der Waals surface area contributed by atoms with Gasteiger partial charge in [-0.15, -0.1) is 0 Å². The Morgan fingerprint density at radius 2 is 1.87 bits per heavy atom. The highest BCUT2D eigenvalue weighted by Gasteiger charge is 2.15. The molecular weight excluding hydrogens is 394 g/mol. The summed E-state index contributed by atoms with van der Waals surface area (Å²) in [5.74, 6) is 1.67. The van der Waals surface area contributed by atoms with Crippen molar-refractivity contribution < 1.29 is 19.0 Å². The SMILES string of the molecule is COc1cc(-c2ccc(OCC(=O)NCC3CCOCC3)cc2)nn1-c1ccccc1. The number of carbonyl (C=O) groups excluding carboxylic acids is 1. The van der Waals surface area contributed by atoms with Crippen molar-refractivity contribution in [3.05, 3.63) is 60.7 Å². The fourth-order valence-corrected chi connectivity index (χ4v) is 3.54. The third kappa shape index (κ3) is 5.44. The first-order valence-electron chi connectivity index (χ1n) is 10.5. The summed E-state index contributed by atoms with van der Waals surface area (Å²) in [6.45, 7) is 2.23. The van der Waals surface area contributed by atoms with Gasteiger partial charge in [0.25, 0.3) is 5.91 Å². The molecule has 1 aliphatic heterocycles. The molecule has 2 aromatic carbocycles. The van der Waals surface area contributed by atoms with Crippen molar-refractivity contribution in [1.82, 2.24) is 15.1 Å². The number of methoxy groups -OCH3 is 1. The largest absolute Gasteiger partial charge is 0.484 e. The molecule has 0 atom stereocenters. The number of hydrogen-bond acceptors (Lipinski definition) is 5. The first-order chi connectivity index (χ1) is 15.2. The number of aromatic nitrogens is 2. The van der Waals surface area contributed by atoms with Gasteiger partial charge in [-0.1, -0.05) is 18.2 Å². The molecule has 0 spiro atoms. The van der Waals surface area contributed by atoms with Crippen molar-refractivity contribution in [2.75, 3.05) is 33.5 Å². The van der Waals surface area contributed by atoms with Crippen LogP contribution in [-0.2, 0) is 9.53 Å². The van der Waals surface area contributed by atoms with Crippen LogP contribution in [-0.4, -0.2) is 49.2 Å². The van der Waals surface area contributed by atoms with Crippen LogP contribution in [0.4, 0.5) is 0 Å². The van der Waals surface area contributed by atoms with E-state index in [2.05, 4.69) is 10.4 Å². The fourth-order valence-electron chi connectivity index (χ4n) is 3.54. The monoisotopic (exact) mass is 421 g/mol. The number of amides is 1. The van der Waals surface area contributed by atoms with Gasteiger partial charge in [-0.2, -0.15) is 5.10 Å². The van der Waals surface area contributed by atoms with Crippen LogP contribution in [0, 0.1) is 5.92 Å². The van der Waals surface area contributed by atoms with Gasteiger partial charge in [0, 0.05) is 31.4 Å². The van der Waals surface area contributed by atoms with Gasteiger partial charge in [-0.05, 0) is 55.2 Å². The van der Waals surface area contributed by atoms with E-state index in [1.54, 1.807) is 11.8 Å². The van der Waals surface area contributed by atoms with E-state index >= 15 is 0 Å². The molecule has 7 heteroatoms. The van der Waals surface area contributed by atoms with Gasteiger partial charge >= 0.3 is 0 Å². The minimum Gasteiger partial charge on any atom is -0.484 e. The number of rotatable bonds is 8. The van der Waals surface area contributed by atoms with Crippen molar-refractivity contribution in [3.63, 3.8) is 0 Å². The van der Waals surface area contributed by atoms with Gasteiger partial charge < -0.3 is 19.5 Å². The zero-order valence-electron chi connectivity index (χ0n) is 17.6. The molecule has 7 nitrogen and oxygen atoms in total. The third-order valence-electron chi connectivity index (χ3n) is 5.34. The zero-order valence-corrected chi connectivity index (χ0v) is 17.6. The maximum absolute atomic E-state index is 12.1. The highest BCUT2D eigenvalue weighted by molar-refractivity contribution is 5.77. The average Bonchev–Trinajstić information content (AvgIpc) is 3.27. The van der Waals surface area contributed by atoms with Crippen LogP contribution in [0.2, 0.25) is 0 Å². The number of ether oxygens (including phenoxy) is 3. The molecule has 162 valence electrons. The molecule has 3 aromatic rings. The number of para-hydroxylation sites is 1. The molecule has 1 aliphatic rings. The molecule has 0 aliphatic carbocycles. The molecule has 0 radical (unpaired) electrons. The summed E-state index contributed by atoms with van der Waals surface area (Å²) in [5, 5.41) is 7.62. The van der Waals surface area contributed by atoms with Crippen molar-refractivity contribution in [2.45, 2.75) is 12.8 Å². The summed E-state index contributed by atoms with van der Waals surface area (Å²) in [5.41, 5.74) is 2.66. The number of benzene rings is 2. The number of hydrogen-bond donors (Lipinski definition) is 1. The molecule has 0 bridgehead atoms. The second-order valence-corrected chi connectivity index (χ2v) is 7.49. The summed E-state index contributed by atoms with van der Waals surface area (Å²) in [4.78, 5) is 12.1. The Bertz CT molecular complexity index is 980. The Hall–Kier alpha value is -3.32. The average molecular weight is 421 g/mol. The lowest BCUT2D eigenvalue weighted by atomic mass is 10.0. The molecule has 1 aromatic heterocycles. The fraction of sp³-hybridized carbons (Fsp3) is 0.333. The van der Waals surface area contributed by atoms with Crippen LogP contribution in [0.15, 0.2) is 60.7 Å². The normalized spacial score (nSPS) is 14.2. The van der Waals surface area contributed by atoms with Gasteiger partial charge in [0.1, 0.15) is 5.75 Å². The molecule has 1 amide bonds. The summed E-state index contributed by atoms with van der Waals surface area (Å²) in [6.07, 6.45) is 1.99. The van der Waals surface area contributed by atoms with E-state index in [4.69, 9.17) is 14.2 Å². The van der Waals surface area contributed by atoms with E-state index in [1.165, 1.54) is 0 Å². The molecule has 2 heterocycles. The lowest BCUT2D eigenvalue weighted by Crippen LogP contribution is -2.35.